The van der Waals surface area contributed by atoms with E-state index in [1.165, 1.54) is 17.4 Å². The summed E-state index contributed by atoms with van der Waals surface area (Å²) in [7, 11) is 0. The standard InChI is InChI=1S/C17H18ClFN2OS/c1-12-5-10-23-16(12)17(22)21-8-6-20(7-9-21)11-13-14(18)3-2-4-15(13)19/h2-5,10H,6-9,11H2,1H3. The summed E-state index contributed by atoms with van der Waals surface area (Å²) in [5.74, 6) is -0.175. The molecular weight excluding hydrogens is 335 g/mol. The summed E-state index contributed by atoms with van der Waals surface area (Å²) in [6.45, 7) is 5.19. The number of hydrogen-bond donors (Lipinski definition) is 0. The molecule has 1 amide bonds. The summed E-state index contributed by atoms with van der Waals surface area (Å²) in [5, 5.41) is 2.40. The van der Waals surface area contributed by atoms with E-state index in [1.807, 2.05) is 23.3 Å². The molecule has 23 heavy (non-hydrogen) atoms. The molecule has 6 heteroatoms. The van der Waals surface area contributed by atoms with Crippen molar-refractivity contribution < 1.29 is 9.18 Å². The summed E-state index contributed by atoms with van der Waals surface area (Å²) in [5.41, 5.74) is 1.56. The highest BCUT2D eigenvalue weighted by atomic mass is 35.5. The van der Waals surface area contributed by atoms with Crippen LogP contribution in [0.5, 0.6) is 0 Å². The molecule has 1 saturated heterocycles. The predicted molar refractivity (Wildman–Crippen MR) is 91.6 cm³/mol. The van der Waals surface area contributed by atoms with E-state index < -0.39 is 0 Å². The van der Waals surface area contributed by atoms with Gasteiger partial charge in [-0.3, -0.25) is 9.69 Å². The Morgan fingerprint density at radius 2 is 2.00 bits per heavy atom. The van der Waals surface area contributed by atoms with Gasteiger partial charge in [0.25, 0.3) is 5.91 Å². The van der Waals surface area contributed by atoms with E-state index in [0.29, 0.717) is 30.2 Å². The van der Waals surface area contributed by atoms with Gasteiger partial charge in [-0.15, -0.1) is 11.3 Å². The zero-order valence-corrected chi connectivity index (χ0v) is 14.5. The number of carbonyl (C=O) groups is 1. The molecule has 0 bridgehead atoms. The Bertz CT molecular complexity index is 690. The van der Waals surface area contributed by atoms with E-state index >= 15 is 0 Å². The van der Waals surface area contributed by atoms with Gasteiger partial charge in [-0.05, 0) is 36.1 Å². The molecule has 0 aliphatic carbocycles. The van der Waals surface area contributed by atoms with Gasteiger partial charge in [0, 0.05) is 43.3 Å². The predicted octanol–water partition coefficient (Wildman–Crippen LogP) is 3.81. The van der Waals surface area contributed by atoms with Crippen molar-refractivity contribution in [2.75, 3.05) is 26.2 Å². The third-order valence-electron chi connectivity index (χ3n) is 4.16. The zero-order valence-electron chi connectivity index (χ0n) is 12.9. The zero-order chi connectivity index (χ0) is 16.4. The van der Waals surface area contributed by atoms with Gasteiger partial charge in [0.05, 0.1) is 4.88 Å². The maximum atomic E-state index is 13.9. The van der Waals surface area contributed by atoms with E-state index in [-0.39, 0.29) is 11.7 Å². The fraction of sp³-hybridized carbons (Fsp3) is 0.353. The first-order chi connectivity index (χ1) is 11.1. The molecule has 0 spiro atoms. The van der Waals surface area contributed by atoms with E-state index in [9.17, 15) is 9.18 Å². The van der Waals surface area contributed by atoms with Crippen LogP contribution in [0.25, 0.3) is 0 Å². The van der Waals surface area contributed by atoms with Crippen LogP contribution in [0, 0.1) is 12.7 Å². The number of piperazine rings is 1. The van der Waals surface area contributed by atoms with Crippen molar-refractivity contribution in [2.45, 2.75) is 13.5 Å². The second-order valence-electron chi connectivity index (χ2n) is 5.70. The fourth-order valence-electron chi connectivity index (χ4n) is 2.75. The van der Waals surface area contributed by atoms with E-state index in [1.54, 1.807) is 12.1 Å². The smallest absolute Gasteiger partial charge is 0.264 e. The Kier molecular flexibility index (Phi) is 4.99. The minimum Gasteiger partial charge on any atom is -0.335 e. The number of carbonyl (C=O) groups excluding carboxylic acids is 1. The van der Waals surface area contributed by atoms with Crippen LogP contribution in [0.3, 0.4) is 0 Å². The molecule has 0 radical (unpaired) electrons. The van der Waals surface area contributed by atoms with Crippen LogP contribution in [0.2, 0.25) is 5.02 Å². The number of aryl methyl sites for hydroxylation is 1. The second-order valence-corrected chi connectivity index (χ2v) is 7.02. The molecule has 2 aromatic rings. The molecule has 122 valence electrons. The first-order valence-corrected chi connectivity index (χ1v) is 8.80. The molecule has 0 N–H and O–H groups in total. The van der Waals surface area contributed by atoms with Crippen molar-refractivity contribution in [3.05, 3.63) is 56.5 Å². The first kappa shape index (κ1) is 16.4. The molecule has 0 atom stereocenters. The molecule has 1 aromatic heterocycles. The first-order valence-electron chi connectivity index (χ1n) is 7.55. The number of amides is 1. The summed E-state index contributed by atoms with van der Waals surface area (Å²) >= 11 is 7.57. The van der Waals surface area contributed by atoms with Crippen LogP contribution >= 0.6 is 22.9 Å². The van der Waals surface area contributed by atoms with Crippen LogP contribution in [0.4, 0.5) is 4.39 Å². The number of hydrogen-bond acceptors (Lipinski definition) is 3. The highest BCUT2D eigenvalue weighted by molar-refractivity contribution is 7.12. The van der Waals surface area contributed by atoms with E-state index in [2.05, 4.69) is 4.90 Å². The maximum absolute atomic E-state index is 13.9. The molecule has 0 saturated carbocycles. The van der Waals surface area contributed by atoms with Crippen LogP contribution in [0.1, 0.15) is 20.8 Å². The summed E-state index contributed by atoms with van der Waals surface area (Å²) < 4.78 is 13.9. The van der Waals surface area contributed by atoms with Crippen molar-refractivity contribution >= 4 is 28.8 Å². The van der Waals surface area contributed by atoms with E-state index in [0.717, 1.165) is 23.5 Å². The number of benzene rings is 1. The molecule has 3 nitrogen and oxygen atoms in total. The van der Waals surface area contributed by atoms with Gasteiger partial charge in [0.1, 0.15) is 5.82 Å². The van der Waals surface area contributed by atoms with Crippen LogP contribution in [-0.2, 0) is 6.54 Å². The van der Waals surface area contributed by atoms with Crippen molar-refractivity contribution in [1.82, 2.24) is 9.80 Å². The Labute approximate surface area is 144 Å². The van der Waals surface area contributed by atoms with Crippen molar-refractivity contribution in [2.24, 2.45) is 0 Å². The van der Waals surface area contributed by atoms with Crippen molar-refractivity contribution in [3.63, 3.8) is 0 Å². The average molecular weight is 353 g/mol. The normalized spacial score (nSPS) is 15.9. The lowest BCUT2D eigenvalue weighted by Gasteiger charge is -2.34. The number of halogens is 2. The highest BCUT2D eigenvalue weighted by Crippen LogP contribution is 2.22. The Balaban J connectivity index is 1.61. The topological polar surface area (TPSA) is 23.6 Å². The Hall–Kier alpha value is -1.43. The summed E-state index contributed by atoms with van der Waals surface area (Å²) in [6, 6.07) is 6.72. The second kappa shape index (κ2) is 6.99. The molecule has 1 aromatic carbocycles. The quantitative estimate of drug-likeness (QED) is 0.838. The molecule has 1 aliphatic heterocycles. The third kappa shape index (κ3) is 3.57. The summed E-state index contributed by atoms with van der Waals surface area (Å²) in [4.78, 5) is 17.3. The minimum absolute atomic E-state index is 0.0982. The molecule has 3 rings (SSSR count). The van der Waals surface area contributed by atoms with Gasteiger partial charge < -0.3 is 4.90 Å². The number of thiophene rings is 1. The van der Waals surface area contributed by atoms with Crippen molar-refractivity contribution in [3.8, 4) is 0 Å². The number of rotatable bonds is 3. The van der Waals surface area contributed by atoms with E-state index in [4.69, 9.17) is 11.6 Å². The van der Waals surface area contributed by atoms with Crippen LogP contribution in [-0.4, -0.2) is 41.9 Å². The monoisotopic (exact) mass is 352 g/mol. The third-order valence-corrected chi connectivity index (χ3v) is 5.52. The maximum Gasteiger partial charge on any atom is 0.264 e. The van der Waals surface area contributed by atoms with Gasteiger partial charge in [0.2, 0.25) is 0 Å². The minimum atomic E-state index is -0.273. The van der Waals surface area contributed by atoms with Gasteiger partial charge in [0.15, 0.2) is 0 Å². The molecular formula is C17H18ClFN2OS. The molecule has 1 fully saturated rings. The van der Waals surface area contributed by atoms with Gasteiger partial charge >= 0.3 is 0 Å². The van der Waals surface area contributed by atoms with Gasteiger partial charge in [-0.25, -0.2) is 4.39 Å². The summed E-state index contributed by atoms with van der Waals surface area (Å²) in [6.07, 6.45) is 0. The largest absolute Gasteiger partial charge is 0.335 e. The Morgan fingerprint density at radius 1 is 1.26 bits per heavy atom. The van der Waals surface area contributed by atoms with Gasteiger partial charge in [-0.1, -0.05) is 17.7 Å². The molecule has 0 unspecified atom stereocenters. The van der Waals surface area contributed by atoms with Gasteiger partial charge in [-0.2, -0.15) is 0 Å². The molecule has 1 aliphatic rings. The van der Waals surface area contributed by atoms with Crippen molar-refractivity contribution in [1.29, 1.82) is 0 Å². The average Bonchev–Trinajstić information content (AvgIpc) is 2.97. The highest BCUT2D eigenvalue weighted by Gasteiger charge is 2.24. The Morgan fingerprint density at radius 3 is 2.61 bits per heavy atom. The lowest BCUT2D eigenvalue weighted by atomic mass is 10.1. The lowest BCUT2D eigenvalue weighted by Crippen LogP contribution is -2.48. The SMILES string of the molecule is Cc1ccsc1C(=O)N1CCN(Cc2c(F)cccc2Cl)CC1. The fourth-order valence-corrected chi connectivity index (χ4v) is 3.87. The van der Waals surface area contributed by atoms with Crippen LogP contribution < -0.4 is 0 Å². The van der Waals surface area contributed by atoms with Crippen LogP contribution in [0.15, 0.2) is 29.6 Å². The number of nitrogens with zero attached hydrogens (tertiary/aromatic N) is 2. The lowest BCUT2D eigenvalue weighted by molar-refractivity contribution is 0.0631. The molecule has 2 heterocycles.